The Balaban J connectivity index is 2.76. The maximum absolute atomic E-state index is 10.7. The van der Waals surface area contributed by atoms with E-state index in [4.69, 9.17) is 5.11 Å². The second-order valence-electron chi connectivity index (χ2n) is 2.46. The van der Waals surface area contributed by atoms with Crippen LogP contribution in [-0.4, -0.2) is 16.8 Å². The molecule has 0 saturated heterocycles. The number of thiol groups is 1. The first-order valence-corrected chi connectivity index (χ1v) is 5.40. The van der Waals surface area contributed by atoms with Crippen LogP contribution < -0.4 is 0 Å². The summed E-state index contributed by atoms with van der Waals surface area (Å²) in [6, 6.07) is 0. The van der Waals surface area contributed by atoms with Gasteiger partial charge in [-0.1, -0.05) is 12.2 Å². The van der Waals surface area contributed by atoms with Gasteiger partial charge in [-0.3, -0.25) is 0 Å². The van der Waals surface area contributed by atoms with Crippen LogP contribution in [0, 0.1) is 0 Å². The number of carboxylic acids is 1. The zero-order valence-corrected chi connectivity index (χ0v) is 8.65. The summed E-state index contributed by atoms with van der Waals surface area (Å²) >= 11 is 5.45. The Morgan fingerprint density at radius 2 is 2.38 bits per heavy atom. The molecular weight excluding hydrogens is 204 g/mol. The van der Waals surface area contributed by atoms with Crippen molar-refractivity contribution in [3.63, 3.8) is 0 Å². The number of allylic oxidation sites excluding steroid dienone is 1. The molecule has 0 amide bonds. The lowest BCUT2D eigenvalue weighted by Crippen LogP contribution is -1.95. The van der Waals surface area contributed by atoms with Gasteiger partial charge in [0.15, 0.2) is 0 Å². The number of carboxylic acid groups (broad SMARTS) is 1. The predicted octanol–water partition coefficient (Wildman–Crippen LogP) is 2.78. The molecule has 0 aliphatic carbocycles. The first-order chi connectivity index (χ1) is 6.25. The number of carbonyl (C=O) groups is 1. The maximum atomic E-state index is 10.7. The second kappa shape index (κ2) is 5.09. The molecule has 0 radical (unpaired) electrons. The Labute approximate surface area is 86.3 Å². The highest BCUT2D eigenvalue weighted by molar-refractivity contribution is 7.80. The van der Waals surface area contributed by atoms with Crippen LogP contribution in [0.3, 0.4) is 0 Å². The molecule has 1 aromatic rings. The van der Waals surface area contributed by atoms with Crippen LogP contribution in [0.2, 0.25) is 0 Å². The molecule has 1 N–H and O–H groups in total. The second-order valence-corrected chi connectivity index (χ2v) is 3.65. The maximum Gasteiger partial charge on any atom is 0.337 e. The molecule has 1 heterocycles. The van der Waals surface area contributed by atoms with Gasteiger partial charge in [-0.2, -0.15) is 24.0 Å². The van der Waals surface area contributed by atoms with E-state index in [0.29, 0.717) is 5.56 Å². The molecule has 0 atom stereocenters. The molecule has 0 aliphatic rings. The van der Waals surface area contributed by atoms with Crippen molar-refractivity contribution in [3.05, 3.63) is 28.0 Å². The van der Waals surface area contributed by atoms with E-state index in [1.54, 1.807) is 5.38 Å². The molecule has 2 nitrogen and oxygen atoms in total. The van der Waals surface area contributed by atoms with Gasteiger partial charge in [0, 0.05) is 5.38 Å². The van der Waals surface area contributed by atoms with E-state index in [1.807, 2.05) is 17.5 Å². The molecular formula is C9H10O2S2. The van der Waals surface area contributed by atoms with Crippen molar-refractivity contribution in [3.8, 4) is 0 Å². The minimum absolute atomic E-state index is 0.375. The van der Waals surface area contributed by atoms with Crippen LogP contribution in [0.15, 0.2) is 16.8 Å². The summed E-state index contributed by atoms with van der Waals surface area (Å²) in [5.74, 6) is -0.0879. The van der Waals surface area contributed by atoms with Gasteiger partial charge in [0.1, 0.15) is 0 Å². The topological polar surface area (TPSA) is 37.3 Å². The minimum atomic E-state index is -0.869. The van der Waals surface area contributed by atoms with Gasteiger partial charge in [-0.25, -0.2) is 4.79 Å². The Bertz CT molecular complexity index is 315. The van der Waals surface area contributed by atoms with Crippen LogP contribution in [0.25, 0.3) is 6.08 Å². The van der Waals surface area contributed by atoms with Gasteiger partial charge in [0.25, 0.3) is 0 Å². The highest BCUT2D eigenvalue weighted by Crippen LogP contribution is 2.16. The third kappa shape index (κ3) is 2.90. The lowest BCUT2D eigenvalue weighted by molar-refractivity contribution is 0.0697. The molecule has 70 valence electrons. The lowest BCUT2D eigenvalue weighted by Gasteiger charge is -1.91. The summed E-state index contributed by atoms with van der Waals surface area (Å²) in [6.45, 7) is 0. The van der Waals surface area contributed by atoms with Gasteiger partial charge in [0.2, 0.25) is 0 Å². The van der Waals surface area contributed by atoms with E-state index in [0.717, 1.165) is 17.7 Å². The van der Waals surface area contributed by atoms with E-state index in [2.05, 4.69) is 12.6 Å². The Morgan fingerprint density at radius 3 is 3.00 bits per heavy atom. The van der Waals surface area contributed by atoms with E-state index < -0.39 is 5.97 Å². The van der Waals surface area contributed by atoms with Gasteiger partial charge in [0.05, 0.1) is 5.56 Å². The van der Waals surface area contributed by atoms with E-state index >= 15 is 0 Å². The number of aromatic carboxylic acids is 1. The molecule has 0 spiro atoms. The first kappa shape index (κ1) is 10.3. The third-order valence-corrected chi connectivity index (χ3v) is 2.54. The highest BCUT2D eigenvalue weighted by Gasteiger charge is 2.07. The molecule has 0 fully saturated rings. The summed E-state index contributed by atoms with van der Waals surface area (Å²) in [5.41, 5.74) is 1.15. The summed E-state index contributed by atoms with van der Waals surface area (Å²) in [7, 11) is 0. The smallest absolute Gasteiger partial charge is 0.337 e. The predicted molar refractivity (Wildman–Crippen MR) is 58.8 cm³/mol. The van der Waals surface area contributed by atoms with Crippen molar-refractivity contribution in [2.45, 2.75) is 6.42 Å². The largest absolute Gasteiger partial charge is 0.478 e. The van der Waals surface area contributed by atoms with Crippen LogP contribution in [-0.2, 0) is 0 Å². The first-order valence-electron chi connectivity index (χ1n) is 3.82. The third-order valence-electron chi connectivity index (χ3n) is 1.52. The summed E-state index contributed by atoms with van der Waals surface area (Å²) in [6.07, 6.45) is 4.62. The SMILES string of the molecule is O=C(O)c1cscc1C=CCCS. The Morgan fingerprint density at radius 1 is 1.62 bits per heavy atom. The van der Waals surface area contributed by atoms with Crippen molar-refractivity contribution >= 4 is 36.0 Å². The fraction of sp³-hybridized carbons (Fsp3) is 0.222. The van der Waals surface area contributed by atoms with E-state index in [1.165, 1.54) is 11.3 Å². The van der Waals surface area contributed by atoms with Crippen molar-refractivity contribution in [1.29, 1.82) is 0 Å². The Kier molecular flexibility index (Phi) is 4.05. The molecule has 4 heteroatoms. The zero-order chi connectivity index (χ0) is 9.68. The quantitative estimate of drug-likeness (QED) is 0.756. The molecule has 0 aromatic carbocycles. The van der Waals surface area contributed by atoms with Gasteiger partial charge >= 0.3 is 5.97 Å². The minimum Gasteiger partial charge on any atom is -0.478 e. The number of hydrogen-bond donors (Lipinski definition) is 2. The van der Waals surface area contributed by atoms with Crippen molar-refractivity contribution in [1.82, 2.24) is 0 Å². The number of thiophene rings is 1. The summed E-state index contributed by atoms with van der Waals surface area (Å²) in [4.78, 5) is 10.7. The molecule has 1 rings (SSSR count). The standard InChI is InChI=1S/C9H10O2S2/c10-9(11)8-6-13-5-7(8)3-1-2-4-12/h1,3,5-6,12H,2,4H2,(H,10,11). The van der Waals surface area contributed by atoms with Crippen LogP contribution >= 0.6 is 24.0 Å². The van der Waals surface area contributed by atoms with Crippen LogP contribution in [0.5, 0.6) is 0 Å². The van der Waals surface area contributed by atoms with Gasteiger partial charge in [-0.15, -0.1) is 0 Å². The monoisotopic (exact) mass is 214 g/mol. The van der Waals surface area contributed by atoms with Crippen molar-refractivity contribution in [2.75, 3.05) is 5.75 Å². The van der Waals surface area contributed by atoms with Crippen LogP contribution in [0.1, 0.15) is 22.3 Å². The lowest BCUT2D eigenvalue weighted by atomic mass is 10.2. The number of hydrogen-bond acceptors (Lipinski definition) is 3. The average Bonchev–Trinajstić information content (AvgIpc) is 2.53. The molecule has 13 heavy (non-hydrogen) atoms. The molecule has 0 bridgehead atoms. The molecule has 0 unspecified atom stereocenters. The van der Waals surface area contributed by atoms with Crippen LogP contribution in [0.4, 0.5) is 0 Å². The average molecular weight is 214 g/mol. The normalized spacial score (nSPS) is 10.8. The van der Waals surface area contributed by atoms with E-state index in [-0.39, 0.29) is 0 Å². The zero-order valence-electron chi connectivity index (χ0n) is 6.93. The fourth-order valence-corrected chi connectivity index (χ4v) is 1.84. The summed E-state index contributed by atoms with van der Waals surface area (Å²) < 4.78 is 0. The van der Waals surface area contributed by atoms with E-state index in [9.17, 15) is 4.79 Å². The summed E-state index contributed by atoms with van der Waals surface area (Å²) in [5, 5.41) is 12.2. The van der Waals surface area contributed by atoms with Gasteiger partial charge in [-0.05, 0) is 23.1 Å². The molecule has 0 aliphatic heterocycles. The number of rotatable bonds is 4. The van der Waals surface area contributed by atoms with Gasteiger partial charge < -0.3 is 5.11 Å². The molecule has 1 aromatic heterocycles. The van der Waals surface area contributed by atoms with Crippen molar-refractivity contribution < 1.29 is 9.90 Å². The fourth-order valence-electron chi connectivity index (χ4n) is 0.895. The highest BCUT2D eigenvalue weighted by atomic mass is 32.1. The van der Waals surface area contributed by atoms with Crippen molar-refractivity contribution in [2.24, 2.45) is 0 Å². The Hall–Kier alpha value is -0.740. The molecule has 0 saturated carbocycles.